The van der Waals surface area contributed by atoms with Crippen molar-refractivity contribution in [3.05, 3.63) is 12.7 Å². The van der Waals surface area contributed by atoms with Crippen LogP contribution in [0.4, 0.5) is 5.82 Å². The number of carboxylic acids is 1. The van der Waals surface area contributed by atoms with E-state index in [0.717, 1.165) is 0 Å². The normalized spacial score (nSPS) is 13.8. The van der Waals surface area contributed by atoms with Crippen molar-refractivity contribution in [2.24, 2.45) is 0 Å². The van der Waals surface area contributed by atoms with Gasteiger partial charge < -0.3 is 35.0 Å². The average molecular weight is 377 g/mol. The third-order valence-electron chi connectivity index (χ3n) is 2.77. The highest BCUT2D eigenvalue weighted by Crippen LogP contribution is 2.34. The lowest BCUT2D eigenvalue weighted by atomic mass is 10.4. The second kappa shape index (κ2) is 8.83. The number of aliphatic carboxylic acids is 1. The van der Waals surface area contributed by atoms with Gasteiger partial charge in [-0.1, -0.05) is 0 Å². The van der Waals surface area contributed by atoms with Gasteiger partial charge in [-0.3, -0.25) is 4.57 Å². The minimum absolute atomic E-state index is 0.285. The van der Waals surface area contributed by atoms with Gasteiger partial charge in [-0.25, -0.2) is 19.7 Å². The Morgan fingerprint density at radius 2 is 1.96 bits per heavy atom. The highest BCUT2D eigenvalue weighted by molar-refractivity contribution is 7.51. The highest BCUT2D eigenvalue weighted by Gasteiger charge is 2.16. The summed E-state index contributed by atoms with van der Waals surface area (Å²) in [5, 5.41) is 15.8. The highest BCUT2D eigenvalue weighted by atomic mass is 31.2. The summed E-state index contributed by atoms with van der Waals surface area (Å²) in [5.41, 5.74) is 6.70. The van der Waals surface area contributed by atoms with Gasteiger partial charge in [0.1, 0.15) is 24.3 Å². The van der Waals surface area contributed by atoms with Crippen LogP contribution in [-0.4, -0.2) is 64.0 Å². The summed E-state index contributed by atoms with van der Waals surface area (Å²) >= 11 is 0. The lowest BCUT2D eigenvalue weighted by Crippen LogP contribution is -2.17. The van der Waals surface area contributed by atoms with Crippen LogP contribution in [0, 0.1) is 0 Å². The van der Waals surface area contributed by atoms with Gasteiger partial charge in [-0.2, -0.15) is 0 Å². The Kier molecular flexibility index (Phi) is 7.39. The molecule has 2 heterocycles. The molecule has 140 valence electrons. The van der Waals surface area contributed by atoms with Gasteiger partial charge in [-0.05, 0) is 13.8 Å². The standard InChI is InChI=1S/C9H14N5O4P.C3H6O3/c1-6(18-5-19(15,16)17)2-14-4-13-7-8(10)11-3-12-9(7)14;1-2(4)3(5)6/h3-4,6H,2,5H2,1H3,(H2,10,11,12)(H2,15,16,17);2,4H,1H3,(H,5,6)/t6-;/m1./s1. The van der Waals surface area contributed by atoms with Gasteiger partial charge in [0.2, 0.25) is 0 Å². The monoisotopic (exact) mass is 377 g/mol. The van der Waals surface area contributed by atoms with Gasteiger partial charge in [0, 0.05) is 0 Å². The maximum Gasteiger partial charge on any atom is 0.350 e. The fraction of sp³-hybridized carbons (Fsp3) is 0.500. The molecule has 0 saturated heterocycles. The van der Waals surface area contributed by atoms with Crippen molar-refractivity contribution in [1.29, 1.82) is 0 Å². The lowest BCUT2D eigenvalue weighted by Gasteiger charge is -2.14. The van der Waals surface area contributed by atoms with Crippen LogP contribution in [0.15, 0.2) is 12.7 Å². The Balaban J connectivity index is 0.000000450. The first-order valence-electron chi connectivity index (χ1n) is 6.99. The molecule has 0 fully saturated rings. The van der Waals surface area contributed by atoms with Gasteiger partial charge in [0.15, 0.2) is 11.5 Å². The Morgan fingerprint density at radius 3 is 2.48 bits per heavy atom. The SMILES string of the molecule is CC(O)C(=O)O.C[C@H](Cn1cnc2c(N)ncnc21)OCP(=O)(O)O. The van der Waals surface area contributed by atoms with E-state index in [0.29, 0.717) is 17.7 Å². The third kappa shape index (κ3) is 7.11. The Bertz CT molecular complexity index is 759. The van der Waals surface area contributed by atoms with Gasteiger partial charge >= 0.3 is 13.6 Å². The molecule has 2 rings (SSSR count). The molecule has 6 N–H and O–H groups in total. The maximum atomic E-state index is 10.7. The number of aromatic nitrogens is 4. The largest absolute Gasteiger partial charge is 0.479 e. The van der Waals surface area contributed by atoms with Crippen molar-refractivity contribution >= 4 is 30.5 Å². The summed E-state index contributed by atoms with van der Waals surface area (Å²) in [4.78, 5) is 38.9. The van der Waals surface area contributed by atoms with Crippen LogP contribution in [0.2, 0.25) is 0 Å². The molecule has 0 saturated carbocycles. The number of hydrogen-bond donors (Lipinski definition) is 5. The maximum absolute atomic E-state index is 10.7. The van der Waals surface area contributed by atoms with Crippen molar-refractivity contribution in [3.63, 3.8) is 0 Å². The fourth-order valence-corrected chi connectivity index (χ4v) is 2.04. The van der Waals surface area contributed by atoms with E-state index in [1.807, 2.05) is 0 Å². The van der Waals surface area contributed by atoms with Crippen LogP contribution in [0.25, 0.3) is 11.2 Å². The van der Waals surface area contributed by atoms with Crippen LogP contribution >= 0.6 is 7.60 Å². The molecule has 12 nitrogen and oxygen atoms in total. The van der Waals surface area contributed by atoms with Gasteiger partial charge in [0.25, 0.3) is 0 Å². The van der Waals surface area contributed by atoms with Crippen molar-refractivity contribution in [2.75, 3.05) is 12.1 Å². The second-order valence-electron chi connectivity index (χ2n) is 5.11. The smallest absolute Gasteiger partial charge is 0.350 e. The first kappa shape index (κ1) is 20.9. The number of carbonyl (C=O) groups is 1. The molecule has 0 aliphatic carbocycles. The first-order chi connectivity index (χ1) is 11.5. The van der Waals surface area contributed by atoms with Crippen LogP contribution in [0.1, 0.15) is 13.8 Å². The minimum atomic E-state index is -4.16. The molecule has 13 heteroatoms. The van der Waals surface area contributed by atoms with Crippen molar-refractivity contribution in [3.8, 4) is 0 Å². The zero-order valence-electron chi connectivity index (χ0n) is 13.6. The van der Waals surface area contributed by atoms with Crippen LogP contribution in [0.5, 0.6) is 0 Å². The number of carboxylic acid groups (broad SMARTS) is 1. The number of fused-ring (bicyclic) bond motifs is 1. The summed E-state index contributed by atoms with van der Waals surface area (Å²) in [5.74, 6) is -0.900. The molecule has 2 aromatic heterocycles. The Morgan fingerprint density at radius 1 is 1.36 bits per heavy atom. The van der Waals surface area contributed by atoms with Crippen LogP contribution in [0.3, 0.4) is 0 Å². The third-order valence-corrected chi connectivity index (χ3v) is 3.25. The Hall–Kier alpha value is -2.11. The molecule has 2 atom stereocenters. The predicted molar refractivity (Wildman–Crippen MR) is 86.5 cm³/mol. The topological polar surface area (TPSA) is 194 Å². The number of nitrogens with two attached hydrogens (primary N) is 1. The molecule has 0 spiro atoms. The zero-order valence-corrected chi connectivity index (χ0v) is 14.4. The van der Waals surface area contributed by atoms with Gasteiger partial charge in [0.05, 0.1) is 19.0 Å². The fourth-order valence-electron chi connectivity index (χ4n) is 1.59. The van der Waals surface area contributed by atoms with E-state index >= 15 is 0 Å². The van der Waals surface area contributed by atoms with E-state index in [9.17, 15) is 9.36 Å². The Labute approximate surface area is 142 Å². The van der Waals surface area contributed by atoms with E-state index in [1.54, 1.807) is 11.5 Å². The first-order valence-corrected chi connectivity index (χ1v) is 8.79. The van der Waals surface area contributed by atoms with E-state index in [2.05, 4.69) is 15.0 Å². The molecule has 1 unspecified atom stereocenters. The number of imidazole rings is 1. The molecule has 0 bridgehead atoms. The molecule has 0 aromatic carbocycles. The van der Waals surface area contributed by atoms with Crippen LogP contribution < -0.4 is 5.73 Å². The van der Waals surface area contributed by atoms with Crippen molar-refractivity contribution in [1.82, 2.24) is 19.5 Å². The van der Waals surface area contributed by atoms with E-state index in [-0.39, 0.29) is 5.82 Å². The summed E-state index contributed by atoms with van der Waals surface area (Å²) in [6.07, 6.45) is 0.619. The zero-order chi connectivity index (χ0) is 19.2. The number of nitrogens with zero attached hydrogens (tertiary/aromatic N) is 4. The van der Waals surface area contributed by atoms with Crippen molar-refractivity contribution in [2.45, 2.75) is 32.6 Å². The van der Waals surface area contributed by atoms with Crippen molar-refractivity contribution < 1.29 is 34.1 Å². The molecule has 25 heavy (non-hydrogen) atoms. The van der Waals surface area contributed by atoms with E-state index < -0.39 is 32.1 Å². The number of aliphatic hydroxyl groups excluding tert-OH is 1. The lowest BCUT2D eigenvalue weighted by molar-refractivity contribution is -0.145. The number of rotatable bonds is 6. The number of anilines is 1. The summed E-state index contributed by atoms with van der Waals surface area (Å²) in [6.45, 7) is 3.25. The van der Waals surface area contributed by atoms with Gasteiger partial charge in [-0.15, -0.1) is 0 Å². The average Bonchev–Trinajstić information content (AvgIpc) is 2.90. The minimum Gasteiger partial charge on any atom is -0.479 e. The molecule has 0 radical (unpaired) electrons. The molecular formula is C12H20N5O7P. The number of aliphatic hydroxyl groups is 1. The molecule has 0 aliphatic rings. The number of hydrogen-bond acceptors (Lipinski definition) is 8. The van der Waals surface area contributed by atoms with Crippen LogP contribution in [-0.2, 0) is 20.6 Å². The molecule has 0 amide bonds. The van der Waals surface area contributed by atoms with E-state index in [1.165, 1.54) is 19.6 Å². The predicted octanol–water partition coefficient (Wildman–Crippen LogP) is -0.599. The molecule has 2 aromatic rings. The summed E-state index contributed by atoms with van der Waals surface area (Å²) in [7, 11) is -4.16. The van der Waals surface area contributed by atoms with E-state index in [4.69, 9.17) is 30.5 Å². The molecular weight excluding hydrogens is 357 g/mol. The summed E-state index contributed by atoms with van der Waals surface area (Å²) < 4.78 is 17.5. The summed E-state index contributed by atoms with van der Waals surface area (Å²) in [6, 6.07) is 0. The quantitative estimate of drug-likeness (QED) is 0.403. The second-order valence-corrected chi connectivity index (χ2v) is 6.70. The molecule has 0 aliphatic heterocycles. The number of nitrogen functional groups attached to an aromatic ring is 1. The number of ether oxygens (including phenoxy) is 1.